The zero-order valence-corrected chi connectivity index (χ0v) is 15.2. The number of carbonyl (C=O) groups excluding carboxylic acids is 1. The van der Waals surface area contributed by atoms with E-state index in [2.05, 4.69) is 5.32 Å². The van der Waals surface area contributed by atoms with E-state index in [0.29, 0.717) is 13.2 Å². The monoisotopic (exact) mass is 354 g/mol. The Morgan fingerprint density at radius 1 is 1.19 bits per heavy atom. The van der Waals surface area contributed by atoms with Gasteiger partial charge in [-0.3, -0.25) is 4.79 Å². The molecule has 5 heteroatoms. The Hall–Kier alpha value is -2.53. The topological polar surface area (TPSA) is 50.8 Å². The van der Waals surface area contributed by atoms with Gasteiger partial charge in [0.05, 0.1) is 12.6 Å². The summed E-state index contributed by atoms with van der Waals surface area (Å²) in [6.45, 7) is 2.30. The van der Waals surface area contributed by atoms with Crippen molar-refractivity contribution in [2.75, 3.05) is 32.1 Å². The normalized spacial score (nSPS) is 16.3. The zero-order valence-electron chi connectivity index (χ0n) is 15.2. The fourth-order valence-corrected chi connectivity index (χ4v) is 2.89. The minimum Gasteiger partial charge on any atom is -0.491 e. The molecule has 26 heavy (non-hydrogen) atoms. The molecule has 1 aliphatic heterocycles. The molecule has 0 saturated carbocycles. The molecule has 0 radical (unpaired) electrons. The van der Waals surface area contributed by atoms with Gasteiger partial charge in [-0.05, 0) is 42.7 Å². The van der Waals surface area contributed by atoms with E-state index < -0.39 is 0 Å². The predicted octanol–water partition coefficient (Wildman–Crippen LogP) is 3.31. The van der Waals surface area contributed by atoms with E-state index in [1.165, 1.54) is 0 Å². The quantitative estimate of drug-likeness (QED) is 0.790. The first-order chi connectivity index (χ1) is 12.7. The largest absolute Gasteiger partial charge is 0.491 e. The van der Waals surface area contributed by atoms with Gasteiger partial charge in [0.15, 0.2) is 0 Å². The van der Waals surface area contributed by atoms with Gasteiger partial charge in [-0.25, -0.2) is 0 Å². The number of nitrogens with zero attached hydrogens (tertiary/aromatic N) is 1. The van der Waals surface area contributed by atoms with Crippen molar-refractivity contribution >= 4 is 11.6 Å². The van der Waals surface area contributed by atoms with E-state index in [1.807, 2.05) is 61.6 Å². The highest BCUT2D eigenvalue weighted by Gasteiger charge is 2.16. The summed E-state index contributed by atoms with van der Waals surface area (Å²) in [5.41, 5.74) is 2.02. The summed E-state index contributed by atoms with van der Waals surface area (Å²) in [7, 11) is 1.82. The minimum absolute atomic E-state index is 0.0487. The first-order valence-corrected chi connectivity index (χ1v) is 9.07. The molecule has 1 fully saturated rings. The van der Waals surface area contributed by atoms with Gasteiger partial charge in [0.25, 0.3) is 0 Å². The van der Waals surface area contributed by atoms with E-state index in [9.17, 15) is 4.79 Å². The molecule has 1 saturated heterocycles. The van der Waals surface area contributed by atoms with E-state index >= 15 is 0 Å². The first-order valence-electron chi connectivity index (χ1n) is 9.07. The number of amides is 1. The highest BCUT2D eigenvalue weighted by atomic mass is 16.5. The summed E-state index contributed by atoms with van der Waals surface area (Å²) in [4.78, 5) is 14.0. The number of benzene rings is 2. The van der Waals surface area contributed by atoms with Crippen LogP contribution in [0.4, 0.5) is 5.69 Å². The van der Waals surface area contributed by atoms with Crippen LogP contribution in [0.3, 0.4) is 0 Å². The summed E-state index contributed by atoms with van der Waals surface area (Å²) in [5, 5.41) is 3.16. The standard InChI is InChI=1S/C21H26N2O3/c1-23(15-17-6-3-2-4-7-17)21(24)14-22-18-9-11-19(12-10-18)26-16-20-8-5-13-25-20/h2-4,6-7,9-12,20,22H,5,8,13-16H2,1H3. The van der Waals surface area contributed by atoms with E-state index in [1.54, 1.807) is 4.90 Å². The molecule has 138 valence electrons. The number of hydrogen-bond acceptors (Lipinski definition) is 4. The molecule has 1 unspecified atom stereocenters. The molecular formula is C21H26N2O3. The van der Waals surface area contributed by atoms with Gasteiger partial charge in [0, 0.05) is 25.9 Å². The number of hydrogen-bond donors (Lipinski definition) is 1. The number of carbonyl (C=O) groups is 1. The lowest BCUT2D eigenvalue weighted by atomic mass is 10.2. The van der Waals surface area contributed by atoms with Gasteiger partial charge in [-0.1, -0.05) is 30.3 Å². The van der Waals surface area contributed by atoms with E-state index in [0.717, 1.165) is 36.4 Å². The van der Waals surface area contributed by atoms with Crippen LogP contribution in [0.15, 0.2) is 54.6 Å². The summed E-state index contributed by atoms with van der Waals surface area (Å²) < 4.78 is 11.3. The Morgan fingerprint density at radius 2 is 1.96 bits per heavy atom. The van der Waals surface area contributed by atoms with Crippen LogP contribution in [0.25, 0.3) is 0 Å². The maximum Gasteiger partial charge on any atom is 0.241 e. The molecule has 5 nitrogen and oxygen atoms in total. The molecule has 2 aromatic carbocycles. The zero-order chi connectivity index (χ0) is 18.2. The Labute approximate surface area is 154 Å². The number of anilines is 1. The van der Waals surface area contributed by atoms with Crippen LogP contribution in [-0.2, 0) is 16.1 Å². The maximum absolute atomic E-state index is 12.3. The van der Waals surface area contributed by atoms with Crippen molar-refractivity contribution in [1.82, 2.24) is 4.90 Å². The third-order valence-corrected chi connectivity index (χ3v) is 4.45. The third kappa shape index (κ3) is 5.49. The van der Waals surface area contributed by atoms with Crippen molar-refractivity contribution in [1.29, 1.82) is 0 Å². The van der Waals surface area contributed by atoms with Crippen molar-refractivity contribution in [3.8, 4) is 5.75 Å². The van der Waals surface area contributed by atoms with Crippen LogP contribution in [0, 0.1) is 0 Å². The molecule has 1 amide bonds. The lowest BCUT2D eigenvalue weighted by Crippen LogP contribution is -2.31. The second kappa shape index (κ2) is 9.25. The van der Waals surface area contributed by atoms with Crippen molar-refractivity contribution in [2.24, 2.45) is 0 Å². The molecular weight excluding hydrogens is 328 g/mol. The molecule has 1 aliphatic rings. The Morgan fingerprint density at radius 3 is 2.65 bits per heavy atom. The molecule has 1 atom stereocenters. The van der Waals surface area contributed by atoms with Crippen LogP contribution >= 0.6 is 0 Å². The average molecular weight is 354 g/mol. The highest BCUT2D eigenvalue weighted by molar-refractivity contribution is 5.80. The molecule has 0 bridgehead atoms. The van der Waals surface area contributed by atoms with Crippen LogP contribution in [-0.4, -0.2) is 43.7 Å². The fraction of sp³-hybridized carbons (Fsp3) is 0.381. The van der Waals surface area contributed by atoms with Crippen molar-refractivity contribution < 1.29 is 14.3 Å². The highest BCUT2D eigenvalue weighted by Crippen LogP contribution is 2.18. The molecule has 0 aliphatic carbocycles. The summed E-state index contributed by atoms with van der Waals surface area (Å²) >= 11 is 0. The van der Waals surface area contributed by atoms with Gasteiger partial charge in [0.2, 0.25) is 5.91 Å². The number of rotatable bonds is 8. The lowest BCUT2D eigenvalue weighted by molar-refractivity contribution is -0.128. The third-order valence-electron chi connectivity index (χ3n) is 4.45. The summed E-state index contributed by atoms with van der Waals surface area (Å²) in [6, 6.07) is 17.7. The van der Waals surface area contributed by atoms with Crippen molar-refractivity contribution in [3.05, 3.63) is 60.2 Å². The van der Waals surface area contributed by atoms with Gasteiger partial charge in [-0.15, -0.1) is 0 Å². The molecule has 1 N–H and O–H groups in total. The van der Waals surface area contributed by atoms with Gasteiger partial charge in [-0.2, -0.15) is 0 Å². The molecule has 3 rings (SSSR count). The second-order valence-corrected chi connectivity index (χ2v) is 6.56. The summed E-state index contributed by atoms with van der Waals surface area (Å²) in [5.74, 6) is 0.867. The second-order valence-electron chi connectivity index (χ2n) is 6.56. The number of nitrogens with one attached hydrogen (secondary N) is 1. The SMILES string of the molecule is CN(Cc1ccccc1)C(=O)CNc1ccc(OCC2CCCO2)cc1. The van der Waals surface area contributed by atoms with Gasteiger partial charge >= 0.3 is 0 Å². The van der Waals surface area contributed by atoms with Crippen molar-refractivity contribution in [2.45, 2.75) is 25.5 Å². The van der Waals surface area contributed by atoms with E-state index in [-0.39, 0.29) is 18.6 Å². The Balaban J connectivity index is 1.41. The maximum atomic E-state index is 12.3. The smallest absolute Gasteiger partial charge is 0.241 e. The van der Waals surface area contributed by atoms with Gasteiger partial charge in [0.1, 0.15) is 12.4 Å². The van der Waals surface area contributed by atoms with E-state index in [4.69, 9.17) is 9.47 Å². The Kier molecular flexibility index (Phi) is 6.50. The first kappa shape index (κ1) is 18.3. The fourth-order valence-electron chi connectivity index (χ4n) is 2.89. The number of likely N-dealkylation sites (N-methyl/N-ethyl adjacent to an activating group) is 1. The van der Waals surface area contributed by atoms with Crippen LogP contribution in [0.5, 0.6) is 5.75 Å². The molecule has 0 spiro atoms. The van der Waals surface area contributed by atoms with Crippen molar-refractivity contribution in [3.63, 3.8) is 0 Å². The van der Waals surface area contributed by atoms with Crippen LogP contribution in [0.2, 0.25) is 0 Å². The summed E-state index contributed by atoms with van der Waals surface area (Å²) in [6.07, 6.45) is 2.40. The van der Waals surface area contributed by atoms with Crippen LogP contribution in [0.1, 0.15) is 18.4 Å². The Bertz CT molecular complexity index is 682. The predicted molar refractivity (Wildman–Crippen MR) is 102 cm³/mol. The van der Waals surface area contributed by atoms with Gasteiger partial charge < -0.3 is 19.7 Å². The minimum atomic E-state index is 0.0487. The molecule has 1 heterocycles. The lowest BCUT2D eigenvalue weighted by Gasteiger charge is -2.18. The number of ether oxygens (including phenoxy) is 2. The average Bonchev–Trinajstić information content (AvgIpc) is 3.19. The van der Waals surface area contributed by atoms with Crippen LogP contribution < -0.4 is 10.1 Å². The molecule has 2 aromatic rings. The molecule has 0 aromatic heterocycles.